The van der Waals surface area contributed by atoms with E-state index in [1.54, 1.807) is 6.08 Å². The Morgan fingerprint density at radius 3 is 2.43 bits per heavy atom. The van der Waals surface area contributed by atoms with Gasteiger partial charge in [-0.25, -0.2) is 0 Å². The van der Waals surface area contributed by atoms with E-state index in [9.17, 15) is 9.59 Å². The van der Waals surface area contributed by atoms with Gasteiger partial charge in [0, 0.05) is 49.2 Å². The van der Waals surface area contributed by atoms with Gasteiger partial charge in [0.15, 0.2) is 0 Å². The number of rotatable bonds is 6. The molecule has 0 radical (unpaired) electrons. The zero-order valence-electron chi connectivity index (χ0n) is 17.0. The summed E-state index contributed by atoms with van der Waals surface area (Å²) in [7, 11) is 0. The third-order valence-electron chi connectivity index (χ3n) is 5.27. The number of nitrogens with one attached hydrogen (secondary N) is 1. The lowest BCUT2D eigenvalue weighted by molar-refractivity contribution is -0.130. The summed E-state index contributed by atoms with van der Waals surface area (Å²) in [5, 5.41) is 2.81. The molecule has 1 fully saturated rings. The van der Waals surface area contributed by atoms with E-state index in [2.05, 4.69) is 61.0 Å². The second-order valence-electron chi connectivity index (χ2n) is 7.46. The van der Waals surface area contributed by atoms with Gasteiger partial charge >= 0.3 is 0 Å². The summed E-state index contributed by atoms with van der Waals surface area (Å²) in [5.74, 6) is -0.0437. The number of benzene rings is 1. The Kier molecular flexibility index (Phi) is 6.34. The van der Waals surface area contributed by atoms with Crippen LogP contribution in [0.2, 0.25) is 0 Å². The fraction of sp³-hybridized carbons (Fsp3) is 0.391. The molecule has 2 aromatic rings. The topological polar surface area (TPSA) is 54.3 Å². The maximum absolute atomic E-state index is 12.1. The van der Waals surface area contributed by atoms with Crippen molar-refractivity contribution in [2.75, 3.05) is 19.6 Å². The molecular weight excluding hydrogens is 350 g/mol. The predicted molar refractivity (Wildman–Crippen MR) is 112 cm³/mol. The summed E-state index contributed by atoms with van der Waals surface area (Å²) in [4.78, 5) is 26.0. The quantitative estimate of drug-likeness (QED) is 0.781. The summed E-state index contributed by atoms with van der Waals surface area (Å²) < 4.78 is 2.19. The zero-order valence-corrected chi connectivity index (χ0v) is 17.0. The molecule has 1 N–H and O–H groups in total. The molecule has 28 heavy (non-hydrogen) atoms. The van der Waals surface area contributed by atoms with E-state index in [4.69, 9.17) is 0 Å². The van der Waals surface area contributed by atoms with Gasteiger partial charge in [-0.1, -0.05) is 17.7 Å². The maximum Gasteiger partial charge on any atom is 0.244 e. The Morgan fingerprint density at radius 1 is 1.07 bits per heavy atom. The monoisotopic (exact) mass is 379 g/mol. The Hall–Kier alpha value is -2.82. The molecule has 5 heteroatoms. The van der Waals surface area contributed by atoms with Gasteiger partial charge in [0.25, 0.3) is 0 Å². The van der Waals surface area contributed by atoms with E-state index in [1.807, 2.05) is 11.0 Å². The number of nitrogens with zero attached hydrogens (tertiary/aromatic N) is 2. The van der Waals surface area contributed by atoms with E-state index in [-0.39, 0.29) is 11.8 Å². The van der Waals surface area contributed by atoms with Crippen LogP contribution in [0, 0.1) is 20.8 Å². The summed E-state index contributed by atoms with van der Waals surface area (Å²) in [6.45, 7) is 8.27. The van der Waals surface area contributed by atoms with Gasteiger partial charge in [0.2, 0.25) is 11.8 Å². The van der Waals surface area contributed by atoms with Gasteiger partial charge in [0.1, 0.15) is 0 Å². The van der Waals surface area contributed by atoms with Crippen LogP contribution in [0.5, 0.6) is 0 Å². The zero-order chi connectivity index (χ0) is 20.1. The number of amides is 2. The van der Waals surface area contributed by atoms with Crippen LogP contribution < -0.4 is 5.32 Å². The third-order valence-corrected chi connectivity index (χ3v) is 5.27. The average molecular weight is 380 g/mol. The molecule has 1 aliphatic rings. The van der Waals surface area contributed by atoms with E-state index in [1.165, 1.54) is 5.56 Å². The van der Waals surface area contributed by atoms with E-state index in [0.717, 1.165) is 48.6 Å². The van der Waals surface area contributed by atoms with Crippen molar-refractivity contribution >= 4 is 17.9 Å². The molecule has 2 heterocycles. The van der Waals surface area contributed by atoms with Crippen LogP contribution >= 0.6 is 0 Å². The van der Waals surface area contributed by atoms with Gasteiger partial charge in [-0.3, -0.25) is 9.59 Å². The summed E-state index contributed by atoms with van der Waals surface area (Å²) in [6.07, 6.45) is 5.91. The Balaban J connectivity index is 1.57. The molecule has 1 aliphatic heterocycles. The molecule has 0 unspecified atom stereocenters. The first-order chi connectivity index (χ1) is 13.5. The van der Waals surface area contributed by atoms with Crippen LogP contribution in [0.25, 0.3) is 11.8 Å². The minimum Gasteiger partial charge on any atom is -0.352 e. The van der Waals surface area contributed by atoms with Gasteiger partial charge in [-0.05, 0) is 63.5 Å². The van der Waals surface area contributed by atoms with Crippen molar-refractivity contribution in [1.82, 2.24) is 14.8 Å². The molecule has 3 rings (SSSR count). The molecular formula is C23H29N3O2. The number of carbonyl (C=O) groups excluding carboxylic acids is 2. The summed E-state index contributed by atoms with van der Waals surface area (Å²) in [5.41, 5.74) is 5.57. The second-order valence-corrected chi connectivity index (χ2v) is 7.46. The van der Waals surface area contributed by atoms with Crippen LogP contribution in [-0.4, -0.2) is 40.9 Å². The SMILES string of the molecule is Cc1ccc(-n2c(C)cc(/C=C/C(=O)NCCC(=O)N3CCCC3)c2C)cc1. The fourth-order valence-corrected chi connectivity index (χ4v) is 3.69. The predicted octanol–water partition coefficient (Wildman–Crippen LogP) is 3.54. The number of carbonyl (C=O) groups is 2. The number of aryl methyl sites for hydroxylation is 2. The first kappa shape index (κ1) is 19.9. The molecule has 0 saturated carbocycles. The van der Waals surface area contributed by atoms with Crippen molar-refractivity contribution in [3.63, 3.8) is 0 Å². The largest absolute Gasteiger partial charge is 0.352 e. The molecule has 5 nitrogen and oxygen atoms in total. The number of hydrogen-bond donors (Lipinski definition) is 1. The standard InChI is InChI=1S/C23H29N3O2/c1-17-6-9-21(10-7-17)26-18(2)16-20(19(26)3)8-11-22(27)24-13-12-23(28)25-14-4-5-15-25/h6-11,16H,4-5,12-15H2,1-3H3,(H,24,27)/b11-8+. The van der Waals surface area contributed by atoms with Crippen LogP contribution in [0.15, 0.2) is 36.4 Å². The highest BCUT2D eigenvalue weighted by atomic mass is 16.2. The highest BCUT2D eigenvalue weighted by Gasteiger charge is 2.17. The maximum atomic E-state index is 12.1. The molecule has 1 aromatic carbocycles. The lowest BCUT2D eigenvalue weighted by Crippen LogP contribution is -2.32. The van der Waals surface area contributed by atoms with E-state index in [0.29, 0.717) is 13.0 Å². The molecule has 148 valence electrons. The van der Waals surface area contributed by atoms with Crippen molar-refractivity contribution in [1.29, 1.82) is 0 Å². The van der Waals surface area contributed by atoms with Crippen LogP contribution in [0.4, 0.5) is 0 Å². The molecule has 1 saturated heterocycles. The average Bonchev–Trinajstić information content (AvgIpc) is 3.30. The number of hydrogen-bond acceptors (Lipinski definition) is 2. The first-order valence-electron chi connectivity index (χ1n) is 9.95. The lowest BCUT2D eigenvalue weighted by Gasteiger charge is -2.14. The minimum atomic E-state index is -0.172. The fourth-order valence-electron chi connectivity index (χ4n) is 3.69. The summed E-state index contributed by atoms with van der Waals surface area (Å²) in [6, 6.07) is 10.5. The Bertz CT molecular complexity index is 872. The molecule has 0 spiro atoms. The van der Waals surface area contributed by atoms with Gasteiger partial charge in [-0.2, -0.15) is 0 Å². The van der Waals surface area contributed by atoms with Crippen molar-refractivity contribution in [2.24, 2.45) is 0 Å². The summed E-state index contributed by atoms with van der Waals surface area (Å²) >= 11 is 0. The highest BCUT2D eigenvalue weighted by Crippen LogP contribution is 2.22. The number of likely N-dealkylation sites (tertiary alicyclic amines) is 1. The number of aromatic nitrogens is 1. The van der Waals surface area contributed by atoms with E-state index < -0.39 is 0 Å². The van der Waals surface area contributed by atoms with Gasteiger partial charge in [-0.15, -0.1) is 0 Å². The Labute approximate surface area is 167 Å². The normalized spacial score (nSPS) is 14.0. The lowest BCUT2D eigenvalue weighted by atomic mass is 10.2. The van der Waals surface area contributed by atoms with E-state index >= 15 is 0 Å². The highest BCUT2D eigenvalue weighted by molar-refractivity contribution is 5.92. The van der Waals surface area contributed by atoms with Crippen molar-refractivity contribution in [2.45, 2.75) is 40.0 Å². The Morgan fingerprint density at radius 2 is 1.75 bits per heavy atom. The molecule has 0 bridgehead atoms. The van der Waals surface area contributed by atoms with Gasteiger partial charge in [0.05, 0.1) is 0 Å². The first-order valence-corrected chi connectivity index (χ1v) is 9.95. The molecule has 2 amide bonds. The van der Waals surface area contributed by atoms with Crippen LogP contribution in [0.1, 0.15) is 41.8 Å². The van der Waals surface area contributed by atoms with Crippen LogP contribution in [-0.2, 0) is 9.59 Å². The smallest absolute Gasteiger partial charge is 0.244 e. The molecule has 0 aliphatic carbocycles. The van der Waals surface area contributed by atoms with Crippen LogP contribution in [0.3, 0.4) is 0 Å². The minimum absolute atomic E-state index is 0.128. The third kappa shape index (κ3) is 4.71. The van der Waals surface area contributed by atoms with Crippen molar-refractivity contribution < 1.29 is 9.59 Å². The van der Waals surface area contributed by atoms with Crippen molar-refractivity contribution in [3.8, 4) is 5.69 Å². The van der Waals surface area contributed by atoms with Crippen molar-refractivity contribution in [3.05, 3.63) is 58.9 Å². The molecule has 0 atom stereocenters. The molecule has 1 aromatic heterocycles. The second kappa shape index (κ2) is 8.91. The van der Waals surface area contributed by atoms with Gasteiger partial charge < -0.3 is 14.8 Å².